The zero-order valence-electron chi connectivity index (χ0n) is 6.88. The average molecular weight is 238 g/mol. The Hall–Kier alpha value is -0.130. The molecular formula is C7H12BrNO3. The van der Waals surface area contributed by atoms with Crippen LogP contribution in [0.3, 0.4) is 0 Å². The number of esters is 1. The molecular weight excluding hydrogens is 226 g/mol. The van der Waals surface area contributed by atoms with Crippen molar-refractivity contribution in [1.29, 1.82) is 0 Å². The molecule has 0 amide bonds. The fraction of sp³-hybridized carbons (Fsp3) is 0.857. The molecule has 1 aliphatic rings. The molecule has 0 aromatic heterocycles. The maximum absolute atomic E-state index is 10.9. The second-order valence-corrected chi connectivity index (χ2v) is 3.74. The standard InChI is InChI=1S/C7H12BrNO3/c1-11-7(10)6(8)2-9-5-3-12-4-5/h5-6,9H,2-4H2,1H3. The molecule has 1 rings (SSSR count). The van der Waals surface area contributed by atoms with Gasteiger partial charge in [0.1, 0.15) is 4.83 Å². The summed E-state index contributed by atoms with van der Waals surface area (Å²) in [5.41, 5.74) is 0. The minimum atomic E-state index is -0.261. The molecule has 1 aliphatic heterocycles. The van der Waals surface area contributed by atoms with Gasteiger partial charge in [-0.05, 0) is 0 Å². The van der Waals surface area contributed by atoms with Crippen LogP contribution in [0.1, 0.15) is 0 Å². The van der Waals surface area contributed by atoms with Gasteiger partial charge in [-0.1, -0.05) is 15.9 Å². The van der Waals surface area contributed by atoms with Crippen molar-refractivity contribution in [3.8, 4) is 0 Å². The maximum atomic E-state index is 10.9. The number of halogens is 1. The second-order valence-electron chi connectivity index (χ2n) is 2.63. The Balaban J connectivity index is 2.08. The SMILES string of the molecule is COC(=O)C(Br)CNC1COC1. The van der Waals surface area contributed by atoms with E-state index in [-0.39, 0.29) is 10.8 Å². The monoisotopic (exact) mass is 237 g/mol. The highest BCUT2D eigenvalue weighted by Gasteiger charge is 2.21. The van der Waals surface area contributed by atoms with Gasteiger partial charge in [0.2, 0.25) is 0 Å². The van der Waals surface area contributed by atoms with E-state index in [0.717, 1.165) is 13.2 Å². The third-order valence-electron chi connectivity index (χ3n) is 1.68. The predicted octanol–water partition coefficient (Wildman–Crippen LogP) is -0.0887. The predicted molar refractivity (Wildman–Crippen MR) is 47.3 cm³/mol. The van der Waals surface area contributed by atoms with E-state index in [4.69, 9.17) is 4.74 Å². The molecule has 0 spiro atoms. The summed E-state index contributed by atoms with van der Waals surface area (Å²) in [6.07, 6.45) is 0. The molecule has 12 heavy (non-hydrogen) atoms. The lowest BCUT2D eigenvalue weighted by atomic mass is 10.2. The number of methoxy groups -OCH3 is 1. The van der Waals surface area contributed by atoms with Crippen LogP contribution < -0.4 is 5.32 Å². The first kappa shape index (κ1) is 9.95. The summed E-state index contributed by atoms with van der Waals surface area (Å²) in [6, 6.07) is 0.398. The molecule has 70 valence electrons. The highest BCUT2D eigenvalue weighted by Crippen LogP contribution is 2.03. The lowest BCUT2D eigenvalue weighted by molar-refractivity contribution is -0.139. The summed E-state index contributed by atoms with van der Waals surface area (Å²) in [5, 5.41) is 3.16. The molecule has 1 fully saturated rings. The third kappa shape index (κ3) is 2.73. The van der Waals surface area contributed by atoms with E-state index in [2.05, 4.69) is 26.0 Å². The summed E-state index contributed by atoms with van der Waals surface area (Å²) in [5.74, 6) is -0.247. The number of hydrogen-bond acceptors (Lipinski definition) is 4. The van der Waals surface area contributed by atoms with Crippen LogP contribution in [0.15, 0.2) is 0 Å². The van der Waals surface area contributed by atoms with Crippen LogP contribution in [-0.2, 0) is 14.3 Å². The quantitative estimate of drug-likeness (QED) is 0.549. The molecule has 1 atom stereocenters. The molecule has 4 nitrogen and oxygen atoms in total. The molecule has 1 N–H and O–H groups in total. The van der Waals surface area contributed by atoms with Gasteiger partial charge in [0.25, 0.3) is 0 Å². The molecule has 1 unspecified atom stereocenters. The fourth-order valence-corrected chi connectivity index (χ4v) is 1.21. The summed E-state index contributed by atoms with van der Waals surface area (Å²) in [4.78, 5) is 10.6. The smallest absolute Gasteiger partial charge is 0.320 e. The van der Waals surface area contributed by atoms with Crippen molar-refractivity contribution in [3.63, 3.8) is 0 Å². The number of ether oxygens (including phenoxy) is 2. The number of rotatable bonds is 4. The van der Waals surface area contributed by atoms with Crippen molar-refractivity contribution in [1.82, 2.24) is 5.32 Å². The van der Waals surface area contributed by atoms with E-state index in [1.807, 2.05) is 0 Å². The van der Waals surface area contributed by atoms with E-state index in [1.165, 1.54) is 7.11 Å². The molecule has 0 bridgehead atoms. The molecule has 1 saturated heterocycles. The van der Waals surface area contributed by atoms with Crippen LogP contribution in [0.25, 0.3) is 0 Å². The zero-order valence-corrected chi connectivity index (χ0v) is 8.46. The summed E-state index contributed by atoms with van der Waals surface area (Å²) >= 11 is 3.21. The summed E-state index contributed by atoms with van der Waals surface area (Å²) in [7, 11) is 1.38. The van der Waals surface area contributed by atoms with Crippen molar-refractivity contribution in [3.05, 3.63) is 0 Å². The van der Waals surface area contributed by atoms with Crippen molar-refractivity contribution in [2.24, 2.45) is 0 Å². The van der Waals surface area contributed by atoms with Crippen molar-refractivity contribution < 1.29 is 14.3 Å². The van der Waals surface area contributed by atoms with Gasteiger partial charge in [-0.25, -0.2) is 0 Å². The zero-order chi connectivity index (χ0) is 8.97. The van der Waals surface area contributed by atoms with Gasteiger partial charge in [-0.2, -0.15) is 0 Å². The topological polar surface area (TPSA) is 47.6 Å². The fourth-order valence-electron chi connectivity index (χ4n) is 0.835. The number of carbonyl (C=O) groups is 1. The molecule has 0 aliphatic carbocycles. The Bertz CT molecular complexity index is 161. The Labute approximate surface area is 79.7 Å². The van der Waals surface area contributed by atoms with Crippen molar-refractivity contribution in [2.75, 3.05) is 26.9 Å². The first-order valence-electron chi connectivity index (χ1n) is 3.77. The molecule has 1 heterocycles. The van der Waals surface area contributed by atoms with Crippen LogP contribution in [0, 0.1) is 0 Å². The maximum Gasteiger partial charge on any atom is 0.320 e. The Morgan fingerprint density at radius 1 is 1.83 bits per heavy atom. The van der Waals surface area contributed by atoms with Crippen LogP contribution in [0.2, 0.25) is 0 Å². The van der Waals surface area contributed by atoms with E-state index in [9.17, 15) is 4.79 Å². The highest BCUT2D eigenvalue weighted by molar-refractivity contribution is 9.10. The Morgan fingerprint density at radius 3 is 2.92 bits per heavy atom. The minimum absolute atomic E-state index is 0.247. The number of alkyl halides is 1. The van der Waals surface area contributed by atoms with E-state index < -0.39 is 0 Å². The van der Waals surface area contributed by atoms with Crippen molar-refractivity contribution in [2.45, 2.75) is 10.9 Å². The molecule has 0 aromatic carbocycles. The van der Waals surface area contributed by atoms with Crippen LogP contribution >= 0.6 is 15.9 Å². The minimum Gasteiger partial charge on any atom is -0.468 e. The Morgan fingerprint density at radius 2 is 2.50 bits per heavy atom. The second kappa shape index (κ2) is 4.79. The van der Waals surface area contributed by atoms with Gasteiger partial charge in [0.05, 0.1) is 26.4 Å². The van der Waals surface area contributed by atoms with Gasteiger partial charge in [-0.3, -0.25) is 4.79 Å². The van der Waals surface area contributed by atoms with E-state index in [0.29, 0.717) is 12.6 Å². The lowest BCUT2D eigenvalue weighted by Gasteiger charge is -2.27. The molecule has 5 heteroatoms. The van der Waals surface area contributed by atoms with Gasteiger partial charge < -0.3 is 14.8 Å². The average Bonchev–Trinajstić information content (AvgIpc) is 2.00. The third-order valence-corrected chi connectivity index (χ3v) is 2.38. The highest BCUT2D eigenvalue weighted by atomic mass is 79.9. The summed E-state index contributed by atoms with van der Waals surface area (Å²) in [6.45, 7) is 2.06. The number of carbonyl (C=O) groups excluding carboxylic acids is 1. The normalized spacial score (nSPS) is 19.8. The van der Waals surface area contributed by atoms with Gasteiger partial charge in [0, 0.05) is 6.54 Å². The number of nitrogens with one attached hydrogen (secondary N) is 1. The first-order chi connectivity index (χ1) is 5.74. The summed E-state index contributed by atoms with van der Waals surface area (Å²) < 4.78 is 9.50. The van der Waals surface area contributed by atoms with Gasteiger partial charge in [-0.15, -0.1) is 0 Å². The van der Waals surface area contributed by atoms with Crippen LogP contribution in [-0.4, -0.2) is 43.7 Å². The van der Waals surface area contributed by atoms with Gasteiger partial charge in [0.15, 0.2) is 0 Å². The van der Waals surface area contributed by atoms with Crippen LogP contribution in [0.5, 0.6) is 0 Å². The lowest BCUT2D eigenvalue weighted by Crippen LogP contribution is -2.48. The molecule has 0 saturated carbocycles. The van der Waals surface area contributed by atoms with E-state index >= 15 is 0 Å². The van der Waals surface area contributed by atoms with E-state index in [1.54, 1.807) is 0 Å². The first-order valence-corrected chi connectivity index (χ1v) is 4.68. The van der Waals surface area contributed by atoms with Gasteiger partial charge >= 0.3 is 5.97 Å². The molecule has 0 aromatic rings. The molecule has 0 radical (unpaired) electrons. The number of hydrogen-bond donors (Lipinski definition) is 1. The largest absolute Gasteiger partial charge is 0.468 e. The Kier molecular flexibility index (Phi) is 3.97. The van der Waals surface area contributed by atoms with Crippen LogP contribution in [0.4, 0.5) is 0 Å². The van der Waals surface area contributed by atoms with Crippen molar-refractivity contribution >= 4 is 21.9 Å².